The minimum Gasteiger partial charge on any atom is -0.479 e. The number of ketones is 1. The number of carbonyl (C=O) groups excluding carboxylic acids is 3. The maximum Gasteiger partial charge on any atom is 0.342 e. The molecule has 0 fully saturated rings. The van der Waals surface area contributed by atoms with Crippen molar-refractivity contribution in [2.75, 3.05) is 0 Å². The molecule has 0 aliphatic carbocycles. The summed E-state index contributed by atoms with van der Waals surface area (Å²) in [5, 5.41) is 24.4. The second kappa shape index (κ2) is 8.56. The van der Waals surface area contributed by atoms with E-state index in [9.17, 15) is 34.2 Å². The van der Waals surface area contributed by atoms with Crippen molar-refractivity contribution in [2.24, 2.45) is 0 Å². The van der Waals surface area contributed by atoms with Gasteiger partial charge in [0, 0.05) is 13.8 Å². The minimum atomic E-state index is -2.79. The van der Waals surface area contributed by atoms with Gasteiger partial charge in [-0.15, -0.1) is 0 Å². The molecule has 9 heteroatoms. The average Bonchev–Trinajstić information content (AvgIpc) is 2.70. The Balaban J connectivity index is 2.94. The van der Waals surface area contributed by atoms with E-state index >= 15 is 0 Å². The third-order valence-corrected chi connectivity index (χ3v) is 4.46. The Morgan fingerprint density at radius 2 is 0.933 bits per heavy atom. The molecule has 0 aliphatic rings. The molecule has 30 heavy (non-hydrogen) atoms. The number of rotatable bonds is 8. The molecular weight excluding hydrogens is 392 g/mol. The first-order valence-electron chi connectivity index (χ1n) is 8.79. The number of carboxylic acids is 2. The molecule has 156 valence electrons. The van der Waals surface area contributed by atoms with Gasteiger partial charge in [0.1, 0.15) is 0 Å². The van der Waals surface area contributed by atoms with E-state index in [0.717, 1.165) is 13.8 Å². The van der Waals surface area contributed by atoms with E-state index in [-0.39, 0.29) is 11.1 Å². The molecule has 0 radical (unpaired) electrons. The van der Waals surface area contributed by atoms with Gasteiger partial charge in [-0.25, -0.2) is 9.59 Å². The van der Waals surface area contributed by atoms with Crippen molar-refractivity contribution in [3.63, 3.8) is 0 Å². The maximum atomic E-state index is 13.9. The number of nitrogens with one attached hydrogen (secondary N) is 2. The van der Waals surface area contributed by atoms with E-state index in [1.165, 1.54) is 48.5 Å². The summed E-state index contributed by atoms with van der Waals surface area (Å²) in [6, 6.07) is 13.9. The summed E-state index contributed by atoms with van der Waals surface area (Å²) in [5.41, 5.74) is -5.93. The number of aliphatic carboxylic acids is 2. The highest BCUT2D eigenvalue weighted by Gasteiger charge is 2.62. The van der Waals surface area contributed by atoms with Crippen LogP contribution in [0.1, 0.15) is 25.0 Å². The van der Waals surface area contributed by atoms with Crippen LogP contribution in [0.15, 0.2) is 60.7 Å². The molecule has 0 saturated carbocycles. The summed E-state index contributed by atoms with van der Waals surface area (Å²) < 4.78 is 0. The first-order valence-corrected chi connectivity index (χ1v) is 8.79. The monoisotopic (exact) mass is 412 g/mol. The van der Waals surface area contributed by atoms with E-state index in [2.05, 4.69) is 10.6 Å². The smallest absolute Gasteiger partial charge is 0.342 e. The Morgan fingerprint density at radius 1 is 0.633 bits per heavy atom. The van der Waals surface area contributed by atoms with Crippen molar-refractivity contribution in [3.8, 4) is 0 Å². The third-order valence-electron chi connectivity index (χ3n) is 4.46. The van der Waals surface area contributed by atoms with Crippen LogP contribution < -0.4 is 10.6 Å². The molecule has 2 unspecified atom stereocenters. The fourth-order valence-corrected chi connectivity index (χ4v) is 3.25. The van der Waals surface area contributed by atoms with Gasteiger partial charge in [0.05, 0.1) is 0 Å². The van der Waals surface area contributed by atoms with Crippen molar-refractivity contribution in [2.45, 2.75) is 24.9 Å². The topological polar surface area (TPSA) is 150 Å². The lowest BCUT2D eigenvalue weighted by atomic mass is 9.72. The van der Waals surface area contributed by atoms with Gasteiger partial charge in [-0.05, 0) is 11.1 Å². The lowest BCUT2D eigenvalue weighted by molar-refractivity contribution is -0.162. The molecular formula is C21H20N2O7. The Kier molecular flexibility index (Phi) is 6.36. The van der Waals surface area contributed by atoms with Crippen LogP contribution in [0.5, 0.6) is 0 Å². The molecule has 0 spiro atoms. The fourth-order valence-electron chi connectivity index (χ4n) is 3.25. The summed E-state index contributed by atoms with van der Waals surface area (Å²) in [5.74, 6) is -6.84. The normalized spacial score (nSPS) is 14.5. The van der Waals surface area contributed by atoms with Gasteiger partial charge < -0.3 is 20.8 Å². The molecule has 2 amide bonds. The van der Waals surface area contributed by atoms with Gasteiger partial charge in [0.15, 0.2) is 0 Å². The van der Waals surface area contributed by atoms with Gasteiger partial charge >= 0.3 is 11.9 Å². The number of amides is 2. The largest absolute Gasteiger partial charge is 0.479 e. The Bertz CT molecular complexity index is 911. The van der Waals surface area contributed by atoms with Crippen LogP contribution in [0.3, 0.4) is 0 Å². The van der Waals surface area contributed by atoms with Gasteiger partial charge in [0.25, 0.3) is 0 Å². The van der Waals surface area contributed by atoms with E-state index in [4.69, 9.17) is 0 Å². The molecule has 2 atom stereocenters. The van der Waals surface area contributed by atoms with Crippen molar-refractivity contribution in [1.29, 1.82) is 0 Å². The molecule has 9 nitrogen and oxygen atoms in total. The number of Topliss-reactive ketones (excluding diaryl/α,β-unsaturated/α-hetero) is 1. The van der Waals surface area contributed by atoms with Crippen LogP contribution in [0.2, 0.25) is 0 Å². The summed E-state index contributed by atoms with van der Waals surface area (Å²) >= 11 is 0. The van der Waals surface area contributed by atoms with Crippen molar-refractivity contribution < 1.29 is 34.2 Å². The lowest BCUT2D eigenvalue weighted by Gasteiger charge is -2.38. The zero-order valence-corrected chi connectivity index (χ0v) is 16.2. The molecule has 2 aromatic carbocycles. The van der Waals surface area contributed by atoms with Gasteiger partial charge in [-0.3, -0.25) is 14.4 Å². The molecule has 0 saturated heterocycles. The fraction of sp³-hybridized carbons (Fsp3) is 0.190. The number of hydrogen-bond acceptors (Lipinski definition) is 5. The van der Waals surface area contributed by atoms with E-state index in [1.807, 2.05) is 0 Å². The summed E-state index contributed by atoms with van der Waals surface area (Å²) in [7, 11) is 0. The van der Waals surface area contributed by atoms with Crippen LogP contribution in [0.4, 0.5) is 0 Å². The van der Waals surface area contributed by atoms with Gasteiger partial charge in [0.2, 0.25) is 28.7 Å². The standard InChI is InChI=1S/C21H20N2O7/c1-13(24)22-20(18(27)28,15-9-5-3-6-10-15)17(26)21(19(29)30,23-14(2)25)16-11-7-4-8-12-16/h3-12H,1-2H3,(H,22,24)(H,23,25)(H,27,28)(H,29,30). The Morgan fingerprint density at radius 3 is 1.17 bits per heavy atom. The van der Waals surface area contributed by atoms with E-state index < -0.39 is 40.6 Å². The first kappa shape index (κ1) is 22.3. The maximum absolute atomic E-state index is 13.9. The first-order chi connectivity index (χ1) is 14.1. The Hall–Kier alpha value is -4.01. The van der Waals surface area contributed by atoms with Gasteiger partial charge in [-0.1, -0.05) is 60.7 Å². The molecule has 0 bridgehead atoms. The number of carboxylic acid groups (broad SMARTS) is 2. The summed E-state index contributed by atoms with van der Waals surface area (Å²) in [6.07, 6.45) is 0. The lowest BCUT2D eigenvalue weighted by Crippen LogP contribution is -2.69. The average molecular weight is 412 g/mol. The quantitative estimate of drug-likeness (QED) is 0.468. The van der Waals surface area contributed by atoms with Crippen molar-refractivity contribution in [3.05, 3.63) is 71.8 Å². The SMILES string of the molecule is CC(=O)NC(C(=O)O)(C(=O)C(NC(C)=O)(C(=O)O)c1ccccc1)c1ccccc1. The Labute approximate surface area is 171 Å². The molecule has 0 heterocycles. The van der Waals surface area contributed by atoms with E-state index in [0.29, 0.717) is 0 Å². The van der Waals surface area contributed by atoms with Crippen LogP contribution >= 0.6 is 0 Å². The predicted octanol–water partition coefficient (Wildman–Crippen LogP) is 0.788. The zero-order chi connectivity index (χ0) is 22.5. The molecule has 0 aromatic heterocycles. The highest BCUT2D eigenvalue weighted by Crippen LogP contribution is 2.34. The van der Waals surface area contributed by atoms with Crippen LogP contribution in [0, 0.1) is 0 Å². The number of hydrogen-bond donors (Lipinski definition) is 4. The molecule has 2 rings (SSSR count). The highest BCUT2D eigenvalue weighted by atomic mass is 16.4. The molecule has 0 aliphatic heterocycles. The summed E-state index contributed by atoms with van der Waals surface area (Å²) in [6.45, 7) is 1.99. The van der Waals surface area contributed by atoms with Crippen molar-refractivity contribution >= 4 is 29.5 Å². The molecule has 4 N–H and O–H groups in total. The second-order valence-corrected chi connectivity index (χ2v) is 6.53. The van der Waals surface area contributed by atoms with Crippen molar-refractivity contribution in [1.82, 2.24) is 10.6 Å². The third kappa shape index (κ3) is 3.77. The van der Waals surface area contributed by atoms with E-state index in [1.54, 1.807) is 12.1 Å². The highest BCUT2D eigenvalue weighted by molar-refractivity contribution is 6.22. The molecule has 2 aromatic rings. The van der Waals surface area contributed by atoms with Crippen LogP contribution in [-0.2, 0) is 35.1 Å². The minimum absolute atomic E-state index is 0.176. The van der Waals surface area contributed by atoms with Crippen LogP contribution in [-0.4, -0.2) is 39.7 Å². The zero-order valence-electron chi connectivity index (χ0n) is 16.2. The van der Waals surface area contributed by atoms with Gasteiger partial charge in [-0.2, -0.15) is 0 Å². The van der Waals surface area contributed by atoms with Crippen LogP contribution in [0.25, 0.3) is 0 Å². The summed E-state index contributed by atoms with van der Waals surface area (Å²) in [4.78, 5) is 62.6. The number of carbonyl (C=O) groups is 5. The second-order valence-electron chi connectivity index (χ2n) is 6.53. The number of benzene rings is 2. The predicted molar refractivity (Wildman–Crippen MR) is 104 cm³/mol.